The SMILES string of the molecule is COc1ccc2c(c1)S(=O)(=O)Cc1cccc(C)c1C2=O. The molecule has 1 aliphatic rings. The predicted octanol–water partition coefficient (Wildman–Crippen LogP) is 2.52. The van der Waals surface area contributed by atoms with Gasteiger partial charge in [-0.1, -0.05) is 18.2 Å². The zero-order valence-corrected chi connectivity index (χ0v) is 12.5. The molecule has 0 radical (unpaired) electrons. The molecular weight excluding hydrogens is 288 g/mol. The van der Waals surface area contributed by atoms with E-state index in [9.17, 15) is 13.2 Å². The molecule has 1 aliphatic heterocycles. The van der Waals surface area contributed by atoms with Crippen LogP contribution in [0, 0.1) is 6.92 Å². The lowest BCUT2D eigenvalue weighted by atomic mass is 9.95. The molecule has 0 spiro atoms. The van der Waals surface area contributed by atoms with Crippen LogP contribution >= 0.6 is 0 Å². The summed E-state index contributed by atoms with van der Waals surface area (Å²) in [4.78, 5) is 12.8. The second kappa shape index (κ2) is 4.70. The molecule has 108 valence electrons. The molecule has 0 saturated heterocycles. The summed E-state index contributed by atoms with van der Waals surface area (Å²) in [6.45, 7) is 1.82. The molecule has 0 saturated carbocycles. The van der Waals surface area contributed by atoms with Crippen LogP contribution in [-0.4, -0.2) is 21.3 Å². The van der Waals surface area contributed by atoms with Gasteiger partial charge in [-0.2, -0.15) is 0 Å². The maximum absolute atomic E-state index is 12.7. The largest absolute Gasteiger partial charge is 0.497 e. The van der Waals surface area contributed by atoms with Crippen LogP contribution in [0.5, 0.6) is 5.75 Å². The third-order valence-corrected chi connectivity index (χ3v) is 5.40. The van der Waals surface area contributed by atoms with Crippen LogP contribution in [0.1, 0.15) is 27.0 Å². The Hall–Kier alpha value is -2.14. The minimum Gasteiger partial charge on any atom is -0.497 e. The number of methoxy groups -OCH3 is 1. The summed E-state index contributed by atoms with van der Waals surface area (Å²) in [6.07, 6.45) is 0. The van der Waals surface area contributed by atoms with Gasteiger partial charge in [0, 0.05) is 11.1 Å². The summed E-state index contributed by atoms with van der Waals surface area (Å²) >= 11 is 0. The summed E-state index contributed by atoms with van der Waals surface area (Å²) < 4.78 is 30.2. The first kappa shape index (κ1) is 13.8. The van der Waals surface area contributed by atoms with Crippen molar-refractivity contribution in [3.8, 4) is 5.75 Å². The fraction of sp³-hybridized carbons (Fsp3) is 0.188. The van der Waals surface area contributed by atoms with Crippen molar-refractivity contribution in [2.75, 3.05) is 7.11 Å². The van der Waals surface area contributed by atoms with E-state index in [1.54, 1.807) is 18.2 Å². The van der Waals surface area contributed by atoms with E-state index in [1.807, 2.05) is 13.0 Å². The molecule has 1 heterocycles. The molecule has 0 N–H and O–H groups in total. The Morgan fingerprint density at radius 1 is 1.14 bits per heavy atom. The van der Waals surface area contributed by atoms with Crippen molar-refractivity contribution in [1.29, 1.82) is 0 Å². The van der Waals surface area contributed by atoms with Crippen LogP contribution in [0.15, 0.2) is 41.3 Å². The lowest BCUT2D eigenvalue weighted by Gasteiger charge is -2.08. The Labute approximate surface area is 123 Å². The number of ether oxygens (including phenoxy) is 1. The highest BCUT2D eigenvalue weighted by atomic mass is 32.2. The number of fused-ring (bicyclic) bond motifs is 2. The number of hydrogen-bond donors (Lipinski definition) is 0. The van der Waals surface area contributed by atoms with Gasteiger partial charge in [0.2, 0.25) is 0 Å². The first-order valence-corrected chi connectivity index (χ1v) is 8.13. The minimum atomic E-state index is -3.58. The maximum atomic E-state index is 12.7. The van der Waals surface area contributed by atoms with Crippen molar-refractivity contribution < 1.29 is 17.9 Å². The lowest BCUT2D eigenvalue weighted by Crippen LogP contribution is -2.07. The van der Waals surface area contributed by atoms with Crippen molar-refractivity contribution in [3.63, 3.8) is 0 Å². The Bertz CT molecular complexity index is 851. The molecule has 5 heteroatoms. The Morgan fingerprint density at radius 3 is 2.62 bits per heavy atom. The van der Waals surface area contributed by atoms with E-state index in [0.29, 0.717) is 16.9 Å². The first-order valence-electron chi connectivity index (χ1n) is 6.48. The fourth-order valence-corrected chi connectivity index (χ4v) is 4.26. The first-order chi connectivity index (χ1) is 9.94. The molecule has 4 nitrogen and oxygen atoms in total. The Balaban J connectivity index is 2.36. The van der Waals surface area contributed by atoms with Gasteiger partial charge in [0.25, 0.3) is 0 Å². The van der Waals surface area contributed by atoms with E-state index < -0.39 is 9.84 Å². The van der Waals surface area contributed by atoms with Gasteiger partial charge < -0.3 is 4.74 Å². The molecule has 21 heavy (non-hydrogen) atoms. The average Bonchev–Trinajstić information content (AvgIpc) is 2.53. The van der Waals surface area contributed by atoms with E-state index in [4.69, 9.17) is 4.74 Å². The predicted molar refractivity (Wildman–Crippen MR) is 78.5 cm³/mol. The summed E-state index contributed by atoms with van der Waals surface area (Å²) in [5.74, 6) is 0.00487. The molecular formula is C16H14O4S. The number of benzene rings is 2. The topological polar surface area (TPSA) is 60.4 Å². The van der Waals surface area contributed by atoms with Crippen LogP contribution in [-0.2, 0) is 15.6 Å². The van der Waals surface area contributed by atoms with Crippen molar-refractivity contribution in [2.45, 2.75) is 17.6 Å². The molecule has 0 aliphatic carbocycles. The highest BCUT2D eigenvalue weighted by Gasteiger charge is 2.31. The summed E-state index contributed by atoms with van der Waals surface area (Å²) in [5.41, 5.74) is 2.04. The van der Waals surface area contributed by atoms with Crippen LogP contribution in [0.2, 0.25) is 0 Å². The van der Waals surface area contributed by atoms with Gasteiger partial charge >= 0.3 is 0 Å². The number of carbonyl (C=O) groups is 1. The van der Waals surface area contributed by atoms with Gasteiger partial charge in [-0.15, -0.1) is 0 Å². The molecule has 2 aromatic carbocycles. The Kier molecular flexibility index (Phi) is 3.10. The number of rotatable bonds is 1. The fourth-order valence-electron chi connectivity index (χ4n) is 2.67. The van der Waals surface area contributed by atoms with Crippen molar-refractivity contribution in [2.24, 2.45) is 0 Å². The smallest absolute Gasteiger partial charge is 0.194 e. The van der Waals surface area contributed by atoms with E-state index in [0.717, 1.165) is 5.56 Å². The number of hydrogen-bond acceptors (Lipinski definition) is 4. The maximum Gasteiger partial charge on any atom is 0.194 e. The van der Waals surface area contributed by atoms with Gasteiger partial charge in [0.1, 0.15) is 5.75 Å². The summed E-state index contributed by atoms with van der Waals surface area (Å²) in [6, 6.07) is 9.83. The highest BCUT2D eigenvalue weighted by molar-refractivity contribution is 7.90. The van der Waals surface area contributed by atoms with Crippen LogP contribution in [0.4, 0.5) is 0 Å². The monoisotopic (exact) mass is 302 g/mol. The zero-order valence-electron chi connectivity index (χ0n) is 11.7. The average molecular weight is 302 g/mol. The van der Waals surface area contributed by atoms with Crippen LogP contribution in [0.3, 0.4) is 0 Å². The van der Waals surface area contributed by atoms with E-state index >= 15 is 0 Å². The van der Waals surface area contributed by atoms with Gasteiger partial charge in [0.05, 0.1) is 17.8 Å². The summed E-state index contributed by atoms with van der Waals surface area (Å²) in [7, 11) is -2.11. The van der Waals surface area contributed by atoms with Crippen LogP contribution in [0.25, 0.3) is 0 Å². The minimum absolute atomic E-state index is 0.0439. The second-order valence-corrected chi connectivity index (χ2v) is 7.02. The molecule has 0 aromatic heterocycles. The number of ketones is 1. The standard InChI is InChI=1S/C16H14O4S/c1-10-4-3-5-11-9-21(18,19)14-8-12(20-2)6-7-13(14)16(17)15(10)11/h3-8H,9H2,1-2H3. The van der Waals surface area contributed by atoms with Crippen LogP contribution < -0.4 is 4.74 Å². The van der Waals surface area contributed by atoms with E-state index in [2.05, 4.69) is 0 Å². The van der Waals surface area contributed by atoms with Crippen molar-refractivity contribution in [1.82, 2.24) is 0 Å². The molecule has 2 aromatic rings. The van der Waals surface area contributed by atoms with Crippen molar-refractivity contribution in [3.05, 3.63) is 58.7 Å². The molecule has 3 rings (SSSR count). The van der Waals surface area contributed by atoms with Gasteiger partial charge in [0.15, 0.2) is 15.6 Å². The second-order valence-electron chi connectivity index (χ2n) is 5.06. The van der Waals surface area contributed by atoms with Gasteiger partial charge in [-0.05, 0) is 36.2 Å². The molecule has 0 bridgehead atoms. The van der Waals surface area contributed by atoms with E-state index in [-0.39, 0.29) is 22.0 Å². The zero-order chi connectivity index (χ0) is 15.2. The highest BCUT2D eigenvalue weighted by Crippen LogP contribution is 2.33. The molecule has 0 unspecified atom stereocenters. The quantitative estimate of drug-likeness (QED) is 0.812. The molecule has 0 atom stereocenters. The van der Waals surface area contributed by atoms with E-state index in [1.165, 1.54) is 19.2 Å². The third-order valence-electron chi connectivity index (χ3n) is 3.70. The third kappa shape index (κ3) is 2.14. The normalized spacial score (nSPS) is 15.8. The number of aryl methyl sites for hydroxylation is 1. The van der Waals surface area contributed by atoms with Crippen molar-refractivity contribution >= 4 is 15.6 Å². The number of carbonyl (C=O) groups excluding carboxylic acids is 1. The number of sulfone groups is 1. The molecule has 0 amide bonds. The molecule has 0 fully saturated rings. The lowest BCUT2D eigenvalue weighted by molar-refractivity contribution is 0.103. The summed E-state index contributed by atoms with van der Waals surface area (Å²) in [5, 5.41) is 0. The van der Waals surface area contributed by atoms with Gasteiger partial charge in [-0.3, -0.25) is 4.79 Å². The Morgan fingerprint density at radius 2 is 1.90 bits per heavy atom. The van der Waals surface area contributed by atoms with Gasteiger partial charge in [-0.25, -0.2) is 8.42 Å².